The molecule has 0 spiro atoms. The van der Waals surface area contributed by atoms with Crippen molar-refractivity contribution in [1.29, 1.82) is 0 Å². The van der Waals surface area contributed by atoms with Crippen molar-refractivity contribution in [3.63, 3.8) is 0 Å². The maximum Gasteiger partial charge on any atom is 0.257 e. The smallest absolute Gasteiger partial charge is 0.257 e. The Labute approximate surface area is 249 Å². The van der Waals surface area contributed by atoms with Gasteiger partial charge in [0, 0.05) is 69.6 Å². The summed E-state index contributed by atoms with van der Waals surface area (Å²) in [5.74, 6) is 0.972. The second-order valence-corrected chi connectivity index (χ2v) is 13.0. The number of piperazine rings is 1. The molecule has 0 saturated carbocycles. The van der Waals surface area contributed by atoms with E-state index in [4.69, 9.17) is 4.98 Å². The third-order valence-electron chi connectivity index (χ3n) is 7.72. The van der Waals surface area contributed by atoms with Crippen LogP contribution in [-0.4, -0.2) is 63.7 Å². The number of aromatic nitrogens is 2. The second kappa shape index (κ2) is 14.1. The summed E-state index contributed by atoms with van der Waals surface area (Å²) in [5.41, 5.74) is 5.24. The maximum atomic E-state index is 13.2. The van der Waals surface area contributed by atoms with E-state index in [-0.39, 0.29) is 16.9 Å². The summed E-state index contributed by atoms with van der Waals surface area (Å²) < 4.78 is 1.66. The largest absolute Gasteiger partial charge is 0.340 e. The Morgan fingerprint density at radius 3 is 2.34 bits per heavy atom. The van der Waals surface area contributed by atoms with Crippen molar-refractivity contribution in [2.45, 2.75) is 57.5 Å². The minimum atomic E-state index is 0.00691. The summed E-state index contributed by atoms with van der Waals surface area (Å²) >= 11 is 1.56. The van der Waals surface area contributed by atoms with Gasteiger partial charge in [-0.15, -0.1) is 0 Å². The van der Waals surface area contributed by atoms with Gasteiger partial charge < -0.3 is 4.90 Å². The van der Waals surface area contributed by atoms with Crippen LogP contribution in [0, 0.1) is 6.92 Å². The van der Waals surface area contributed by atoms with Crippen molar-refractivity contribution in [3.05, 3.63) is 99.0 Å². The van der Waals surface area contributed by atoms with Gasteiger partial charge in [-0.2, -0.15) is 0 Å². The highest BCUT2D eigenvalue weighted by Gasteiger charge is 2.20. The van der Waals surface area contributed by atoms with E-state index in [9.17, 15) is 9.59 Å². The molecule has 1 aromatic heterocycles. The zero-order chi connectivity index (χ0) is 29.4. The fourth-order valence-corrected chi connectivity index (χ4v) is 5.97. The van der Waals surface area contributed by atoms with Crippen LogP contribution in [-0.2, 0) is 23.7 Å². The lowest BCUT2D eigenvalue weighted by atomic mass is 9.86. The molecule has 1 saturated heterocycles. The Bertz CT molecular complexity index is 1380. The van der Waals surface area contributed by atoms with E-state index in [2.05, 4.69) is 74.2 Å². The van der Waals surface area contributed by atoms with Crippen LogP contribution in [0.5, 0.6) is 0 Å². The molecule has 6 nitrogen and oxygen atoms in total. The number of hydrogen-bond donors (Lipinski definition) is 0. The van der Waals surface area contributed by atoms with Gasteiger partial charge in [0.05, 0.1) is 0 Å². The van der Waals surface area contributed by atoms with Crippen molar-refractivity contribution >= 4 is 23.7 Å². The quantitative estimate of drug-likeness (QED) is 0.177. The first kappa shape index (κ1) is 30.8. The predicted molar refractivity (Wildman–Crippen MR) is 171 cm³/mol. The van der Waals surface area contributed by atoms with Gasteiger partial charge >= 0.3 is 0 Å². The topological polar surface area (TPSA) is 58.4 Å². The summed E-state index contributed by atoms with van der Waals surface area (Å²) in [6.07, 6.45) is 6.22. The molecule has 218 valence electrons. The zero-order valence-corrected chi connectivity index (χ0v) is 26.0. The van der Waals surface area contributed by atoms with Crippen molar-refractivity contribution in [3.8, 4) is 0 Å². The number of rotatable bonds is 10. The Balaban J connectivity index is 1.21. The van der Waals surface area contributed by atoms with Crippen LogP contribution in [0.4, 0.5) is 0 Å². The molecule has 2 heterocycles. The molecular formula is C34H44N4O2S. The number of carbonyl (C=O) groups excluding carboxylic acids is 1. The number of amides is 1. The highest BCUT2D eigenvalue weighted by atomic mass is 32.2. The second-order valence-electron chi connectivity index (χ2n) is 11.9. The zero-order valence-electron chi connectivity index (χ0n) is 25.2. The molecule has 1 aliphatic heterocycles. The third kappa shape index (κ3) is 8.66. The lowest BCUT2D eigenvalue weighted by Crippen LogP contribution is -2.48. The van der Waals surface area contributed by atoms with E-state index in [1.807, 2.05) is 30.0 Å². The van der Waals surface area contributed by atoms with E-state index in [1.165, 1.54) is 11.1 Å². The predicted octanol–water partition coefficient (Wildman–Crippen LogP) is 5.71. The molecule has 0 N–H and O–H groups in total. The lowest BCUT2D eigenvalue weighted by molar-refractivity contribution is -0.132. The van der Waals surface area contributed by atoms with Gasteiger partial charge in [-0.25, -0.2) is 4.98 Å². The summed E-state index contributed by atoms with van der Waals surface area (Å²) in [5, 5.41) is 0.712. The molecule has 1 fully saturated rings. The highest BCUT2D eigenvalue weighted by Crippen LogP contribution is 2.23. The highest BCUT2D eigenvalue weighted by molar-refractivity contribution is 7.99. The van der Waals surface area contributed by atoms with E-state index < -0.39 is 0 Å². The minimum Gasteiger partial charge on any atom is -0.340 e. The van der Waals surface area contributed by atoms with Crippen LogP contribution in [0.25, 0.3) is 6.08 Å². The van der Waals surface area contributed by atoms with Crippen LogP contribution >= 0.6 is 11.8 Å². The van der Waals surface area contributed by atoms with Gasteiger partial charge in [0.15, 0.2) is 5.16 Å². The molecule has 7 heteroatoms. The standard InChI is InChI=1S/C34H44N4O2S/c1-26-30(25-28-15-17-29(18-16-28)34(2,3)4)32(40)36(5)33(35-26)41-24-10-14-31(39)38-22-20-37(21-23-38)19-9-13-27-11-7-6-8-12-27/h6-9,11-13,15-18H,10,14,19-25H2,1-5H3/b13-9+. The number of carbonyl (C=O) groups is 1. The van der Waals surface area contributed by atoms with Gasteiger partial charge in [0.25, 0.3) is 5.56 Å². The van der Waals surface area contributed by atoms with Crippen molar-refractivity contribution in [2.24, 2.45) is 7.05 Å². The van der Waals surface area contributed by atoms with Gasteiger partial charge in [-0.1, -0.05) is 99.3 Å². The number of nitrogens with zero attached hydrogens (tertiary/aromatic N) is 4. The molecule has 0 unspecified atom stereocenters. The van der Waals surface area contributed by atoms with Crippen molar-refractivity contribution < 1.29 is 4.79 Å². The van der Waals surface area contributed by atoms with Gasteiger partial charge in [-0.3, -0.25) is 19.1 Å². The average Bonchev–Trinajstić information content (AvgIpc) is 2.96. The Morgan fingerprint density at radius 2 is 1.68 bits per heavy atom. The molecule has 3 aromatic rings. The van der Waals surface area contributed by atoms with E-state index in [0.717, 1.165) is 61.7 Å². The molecule has 2 aromatic carbocycles. The molecule has 4 rings (SSSR count). The summed E-state index contributed by atoms with van der Waals surface area (Å²) in [6.45, 7) is 12.8. The SMILES string of the molecule is Cc1nc(SCCCC(=O)N2CCN(C/C=C/c3ccccc3)CC2)n(C)c(=O)c1Cc1ccc(C(C)(C)C)cc1. The number of aryl methyl sites for hydroxylation is 1. The summed E-state index contributed by atoms with van der Waals surface area (Å²) in [4.78, 5) is 35.1. The first-order valence-electron chi connectivity index (χ1n) is 14.6. The molecule has 0 atom stereocenters. The fourth-order valence-electron chi connectivity index (χ4n) is 5.02. The van der Waals surface area contributed by atoms with Gasteiger partial charge in [-0.05, 0) is 35.4 Å². The number of hydrogen-bond acceptors (Lipinski definition) is 5. The third-order valence-corrected chi connectivity index (χ3v) is 8.83. The maximum absolute atomic E-state index is 13.2. The first-order chi connectivity index (χ1) is 19.6. The van der Waals surface area contributed by atoms with Crippen LogP contribution in [0.3, 0.4) is 0 Å². The molecule has 1 amide bonds. The molecular weight excluding hydrogens is 528 g/mol. The van der Waals surface area contributed by atoms with Crippen molar-refractivity contribution in [1.82, 2.24) is 19.4 Å². The van der Waals surface area contributed by atoms with Crippen LogP contribution in [0.1, 0.15) is 61.6 Å². The van der Waals surface area contributed by atoms with E-state index in [0.29, 0.717) is 18.0 Å². The Morgan fingerprint density at radius 1 is 1.00 bits per heavy atom. The van der Waals surface area contributed by atoms with Crippen LogP contribution < -0.4 is 5.56 Å². The number of benzene rings is 2. The summed E-state index contributed by atoms with van der Waals surface area (Å²) in [7, 11) is 1.79. The molecule has 0 bridgehead atoms. The monoisotopic (exact) mass is 572 g/mol. The molecule has 0 aliphatic carbocycles. The summed E-state index contributed by atoms with van der Waals surface area (Å²) in [6, 6.07) is 18.9. The Hall–Kier alpha value is -3.16. The van der Waals surface area contributed by atoms with Crippen LogP contribution in [0.15, 0.2) is 70.6 Å². The van der Waals surface area contributed by atoms with E-state index >= 15 is 0 Å². The average molecular weight is 573 g/mol. The van der Waals surface area contributed by atoms with Gasteiger partial charge in [0.1, 0.15) is 0 Å². The lowest BCUT2D eigenvalue weighted by Gasteiger charge is -2.34. The first-order valence-corrected chi connectivity index (χ1v) is 15.6. The normalized spacial score (nSPS) is 14.6. The van der Waals surface area contributed by atoms with E-state index in [1.54, 1.807) is 23.4 Å². The fraction of sp³-hybridized carbons (Fsp3) is 0.441. The van der Waals surface area contributed by atoms with Crippen LogP contribution in [0.2, 0.25) is 0 Å². The molecule has 1 aliphatic rings. The Kier molecular flexibility index (Phi) is 10.6. The molecule has 0 radical (unpaired) electrons. The minimum absolute atomic E-state index is 0.00691. The van der Waals surface area contributed by atoms with Gasteiger partial charge in [0.2, 0.25) is 5.91 Å². The number of thioether (sulfide) groups is 1. The van der Waals surface area contributed by atoms with Crippen molar-refractivity contribution in [2.75, 3.05) is 38.5 Å². The molecule has 41 heavy (non-hydrogen) atoms.